The van der Waals surface area contributed by atoms with Crippen molar-refractivity contribution in [2.75, 3.05) is 19.0 Å². The Morgan fingerprint density at radius 1 is 1.22 bits per heavy atom. The molecule has 1 aromatic rings. The van der Waals surface area contributed by atoms with Crippen molar-refractivity contribution in [2.24, 2.45) is 0 Å². The fourth-order valence-corrected chi connectivity index (χ4v) is 3.12. The molecule has 0 saturated heterocycles. The van der Waals surface area contributed by atoms with Crippen LogP contribution in [-0.4, -0.2) is 36.4 Å². The van der Waals surface area contributed by atoms with Crippen molar-refractivity contribution in [3.8, 4) is 5.75 Å². The number of anilines is 1. The number of nitrogens with one attached hydrogen (secondary N) is 1. The summed E-state index contributed by atoms with van der Waals surface area (Å²) in [4.78, 5) is 26.0. The van der Waals surface area contributed by atoms with Crippen molar-refractivity contribution in [3.63, 3.8) is 0 Å². The maximum Gasteiger partial charge on any atom is 0.244 e. The number of carbonyl (C=O) groups is 2. The predicted octanol–water partition coefficient (Wildman–Crippen LogP) is 3.21. The van der Waals surface area contributed by atoms with Gasteiger partial charge in [0, 0.05) is 24.7 Å². The van der Waals surface area contributed by atoms with Gasteiger partial charge in [-0.3, -0.25) is 9.59 Å². The largest absolute Gasteiger partial charge is 0.497 e. The highest BCUT2D eigenvalue weighted by atomic mass is 16.5. The summed E-state index contributed by atoms with van der Waals surface area (Å²) in [5.74, 6) is 0.491. The third kappa shape index (κ3) is 5.27. The summed E-state index contributed by atoms with van der Waals surface area (Å²) in [7, 11) is 1.59. The van der Waals surface area contributed by atoms with Crippen LogP contribution in [0, 0.1) is 0 Å². The molecule has 0 atom stereocenters. The molecule has 0 radical (unpaired) electrons. The van der Waals surface area contributed by atoms with Crippen LogP contribution >= 0.6 is 0 Å². The van der Waals surface area contributed by atoms with Crippen molar-refractivity contribution in [2.45, 2.75) is 51.5 Å². The average molecular weight is 318 g/mol. The van der Waals surface area contributed by atoms with Crippen LogP contribution in [0.15, 0.2) is 24.3 Å². The van der Waals surface area contributed by atoms with E-state index in [2.05, 4.69) is 5.32 Å². The molecule has 2 rings (SSSR count). The first kappa shape index (κ1) is 17.3. The van der Waals surface area contributed by atoms with Crippen LogP contribution in [0.4, 0.5) is 5.69 Å². The van der Waals surface area contributed by atoms with Crippen molar-refractivity contribution in [1.82, 2.24) is 4.90 Å². The molecule has 0 aromatic heterocycles. The lowest BCUT2D eigenvalue weighted by atomic mass is 10.1. The van der Waals surface area contributed by atoms with E-state index < -0.39 is 0 Å². The minimum atomic E-state index is -0.169. The molecule has 1 aromatic carbocycles. The smallest absolute Gasteiger partial charge is 0.244 e. The number of hydrogen-bond acceptors (Lipinski definition) is 3. The Morgan fingerprint density at radius 3 is 2.52 bits per heavy atom. The summed E-state index contributed by atoms with van der Waals surface area (Å²) < 4.78 is 5.15. The van der Waals surface area contributed by atoms with Crippen LogP contribution in [0.25, 0.3) is 0 Å². The summed E-state index contributed by atoms with van der Waals surface area (Å²) in [6, 6.07) is 7.41. The number of amides is 2. The summed E-state index contributed by atoms with van der Waals surface area (Å²) in [6.45, 7) is 1.65. The molecule has 0 heterocycles. The van der Waals surface area contributed by atoms with E-state index in [1.54, 1.807) is 25.0 Å². The molecule has 0 bridgehead atoms. The third-order valence-corrected chi connectivity index (χ3v) is 4.34. The Hall–Kier alpha value is -2.04. The lowest BCUT2D eigenvalue weighted by Crippen LogP contribution is -2.43. The average Bonchev–Trinajstić information content (AvgIpc) is 2.81. The van der Waals surface area contributed by atoms with Gasteiger partial charge in [0.05, 0.1) is 7.11 Å². The van der Waals surface area contributed by atoms with Crippen molar-refractivity contribution in [3.05, 3.63) is 24.3 Å². The lowest BCUT2D eigenvalue weighted by molar-refractivity contribution is -0.135. The van der Waals surface area contributed by atoms with E-state index in [0.29, 0.717) is 11.4 Å². The molecule has 1 fully saturated rings. The van der Waals surface area contributed by atoms with Crippen LogP contribution in [0.1, 0.15) is 45.4 Å². The normalized spacial score (nSPS) is 15.6. The van der Waals surface area contributed by atoms with Crippen molar-refractivity contribution >= 4 is 17.5 Å². The quantitative estimate of drug-likeness (QED) is 0.848. The van der Waals surface area contributed by atoms with E-state index >= 15 is 0 Å². The highest BCUT2D eigenvalue weighted by molar-refractivity contribution is 5.94. The van der Waals surface area contributed by atoms with Gasteiger partial charge in [0.15, 0.2) is 0 Å². The van der Waals surface area contributed by atoms with E-state index in [9.17, 15) is 9.59 Å². The molecule has 1 aliphatic carbocycles. The first-order valence-electron chi connectivity index (χ1n) is 8.31. The molecule has 0 spiro atoms. The van der Waals surface area contributed by atoms with Crippen LogP contribution in [0.2, 0.25) is 0 Å². The predicted molar refractivity (Wildman–Crippen MR) is 90.5 cm³/mol. The van der Waals surface area contributed by atoms with Crippen LogP contribution in [0.5, 0.6) is 5.75 Å². The van der Waals surface area contributed by atoms with Crippen molar-refractivity contribution in [1.29, 1.82) is 0 Å². The fourth-order valence-electron chi connectivity index (χ4n) is 3.12. The van der Waals surface area contributed by atoms with Crippen LogP contribution in [0.3, 0.4) is 0 Å². The molecule has 0 unspecified atom stereocenters. The van der Waals surface area contributed by atoms with Gasteiger partial charge >= 0.3 is 0 Å². The number of ether oxygens (including phenoxy) is 1. The van der Waals surface area contributed by atoms with Gasteiger partial charge < -0.3 is 15.0 Å². The van der Waals surface area contributed by atoms with Crippen molar-refractivity contribution < 1.29 is 14.3 Å². The molecular weight excluding hydrogens is 292 g/mol. The first-order valence-corrected chi connectivity index (χ1v) is 8.31. The Balaban J connectivity index is 1.98. The number of rotatable bonds is 5. The SMILES string of the molecule is COc1cccc(NC(=O)CN(C(C)=O)C2CCCCCC2)c1. The molecule has 5 nitrogen and oxygen atoms in total. The van der Waals surface area contributed by atoms with Gasteiger partial charge in [-0.2, -0.15) is 0 Å². The second-order valence-electron chi connectivity index (χ2n) is 6.07. The Morgan fingerprint density at radius 2 is 1.91 bits per heavy atom. The maximum atomic E-state index is 12.3. The van der Waals surface area contributed by atoms with Gasteiger partial charge in [0.2, 0.25) is 11.8 Å². The second kappa shape index (κ2) is 8.56. The highest BCUT2D eigenvalue weighted by Gasteiger charge is 2.24. The first-order chi connectivity index (χ1) is 11.1. The second-order valence-corrected chi connectivity index (χ2v) is 6.07. The van der Waals surface area contributed by atoms with Gasteiger partial charge in [-0.1, -0.05) is 31.7 Å². The van der Waals surface area contributed by atoms with Crippen LogP contribution < -0.4 is 10.1 Å². The van der Waals surface area contributed by atoms with Gasteiger partial charge in [0.25, 0.3) is 0 Å². The summed E-state index contributed by atoms with van der Waals surface area (Å²) >= 11 is 0. The number of methoxy groups -OCH3 is 1. The standard InChI is InChI=1S/C18H26N2O3/c1-14(21)20(16-9-5-3-4-6-10-16)13-18(22)19-15-8-7-11-17(12-15)23-2/h7-8,11-12,16H,3-6,9-10,13H2,1-2H3,(H,19,22). The van der Waals surface area contributed by atoms with Gasteiger partial charge in [-0.25, -0.2) is 0 Å². The molecule has 5 heteroatoms. The molecule has 0 aliphatic heterocycles. The lowest BCUT2D eigenvalue weighted by Gasteiger charge is -2.29. The monoisotopic (exact) mass is 318 g/mol. The van der Waals surface area contributed by atoms with Gasteiger partial charge in [0.1, 0.15) is 12.3 Å². The van der Waals surface area contributed by atoms with E-state index in [1.807, 2.05) is 18.2 Å². The topological polar surface area (TPSA) is 58.6 Å². The molecule has 1 N–H and O–H groups in total. The highest BCUT2D eigenvalue weighted by Crippen LogP contribution is 2.22. The minimum Gasteiger partial charge on any atom is -0.497 e. The molecule has 23 heavy (non-hydrogen) atoms. The van der Waals surface area contributed by atoms with E-state index in [-0.39, 0.29) is 24.4 Å². The zero-order chi connectivity index (χ0) is 16.7. The minimum absolute atomic E-state index is 0.0299. The Kier molecular flexibility index (Phi) is 6.44. The summed E-state index contributed by atoms with van der Waals surface area (Å²) in [5.41, 5.74) is 0.679. The molecular formula is C18H26N2O3. The number of carbonyl (C=O) groups excluding carboxylic acids is 2. The molecule has 2 amide bonds. The zero-order valence-electron chi connectivity index (χ0n) is 14.0. The number of benzene rings is 1. The van der Waals surface area contributed by atoms with Gasteiger partial charge in [-0.05, 0) is 25.0 Å². The summed E-state index contributed by atoms with van der Waals surface area (Å²) in [6.07, 6.45) is 6.69. The van der Waals surface area contributed by atoms with Crippen LogP contribution in [-0.2, 0) is 9.59 Å². The van der Waals surface area contributed by atoms with E-state index in [0.717, 1.165) is 25.7 Å². The maximum absolute atomic E-state index is 12.3. The third-order valence-electron chi connectivity index (χ3n) is 4.34. The Bertz CT molecular complexity index is 537. The Labute approximate surface area is 138 Å². The number of nitrogens with zero attached hydrogens (tertiary/aromatic N) is 1. The molecule has 1 aliphatic rings. The van der Waals surface area contributed by atoms with Gasteiger partial charge in [-0.15, -0.1) is 0 Å². The zero-order valence-corrected chi connectivity index (χ0v) is 14.0. The molecule has 126 valence electrons. The van der Waals surface area contributed by atoms with E-state index in [1.165, 1.54) is 12.8 Å². The summed E-state index contributed by atoms with van der Waals surface area (Å²) in [5, 5.41) is 2.84. The molecule has 1 saturated carbocycles. The fraction of sp³-hybridized carbons (Fsp3) is 0.556. The number of hydrogen-bond donors (Lipinski definition) is 1. The van der Waals surface area contributed by atoms with E-state index in [4.69, 9.17) is 4.74 Å².